The molecule has 180 valence electrons. The van der Waals surface area contributed by atoms with Crippen molar-refractivity contribution in [3.05, 3.63) is 30.0 Å². The smallest absolute Gasteiger partial charge is 0.416 e. The zero-order valence-corrected chi connectivity index (χ0v) is 18.5. The Kier molecular flexibility index (Phi) is 6.51. The molecule has 4 heterocycles. The number of β-amino-alcohol motifs (C(OH)–C–C–N with tert-alkyl or cyclic N) is 1. The van der Waals surface area contributed by atoms with Gasteiger partial charge in [-0.05, 0) is 18.6 Å². The van der Waals surface area contributed by atoms with Crippen LogP contribution in [0.3, 0.4) is 0 Å². The SMILES string of the molecule is COc1ccc(OC2CCN(C3=NC4CN(C[C@@H](O)C(F)(F)F)C(=O)C4C=C3C)CC2)cn1. The number of fused-ring (bicyclic) bond motifs is 1. The number of methoxy groups -OCH3 is 1. The number of amidine groups is 1. The second-order valence-electron chi connectivity index (χ2n) is 8.54. The third-order valence-corrected chi connectivity index (χ3v) is 6.22. The largest absolute Gasteiger partial charge is 0.489 e. The lowest BCUT2D eigenvalue weighted by atomic mass is 9.95. The van der Waals surface area contributed by atoms with Crippen LogP contribution in [0.4, 0.5) is 13.2 Å². The average Bonchev–Trinajstić information content (AvgIpc) is 3.08. The van der Waals surface area contributed by atoms with E-state index < -0.39 is 36.7 Å². The van der Waals surface area contributed by atoms with Crippen molar-refractivity contribution >= 4 is 11.7 Å². The summed E-state index contributed by atoms with van der Waals surface area (Å²) in [6, 6.07) is 3.11. The first kappa shape index (κ1) is 23.3. The molecule has 3 aliphatic rings. The molecular formula is C22H27F3N4O4. The number of aliphatic hydroxyl groups excluding tert-OH is 1. The van der Waals surface area contributed by atoms with Gasteiger partial charge in [0.1, 0.15) is 17.7 Å². The number of ether oxygens (including phenoxy) is 2. The Morgan fingerprint density at radius 1 is 1.27 bits per heavy atom. The van der Waals surface area contributed by atoms with Crippen LogP contribution >= 0.6 is 0 Å². The first-order valence-electron chi connectivity index (χ1n) is 10.9. The Hall–Kier alpha value is -2.82. The molecule has 2 unspecified atom stereocenters. The number of piperidine rings is 1. The Bertz CT molecular complexity index is 927. The number of carbonyl (C=O) groups is 1. The number of pyridine rings is 1. The van der Waals surface area contributed by atoms with Crippen LogP contribution in [0.25, 0.3) is 0 Å². The van der Waals surface area contributed by atoms with Gasteiger partial charge in [0.05, 0.1) is 31.8 Å². The van der Waals surface area contributed by atoms with Crippen LogP contribution < -0.4 is 9.47 Å². The molecule has 8 nitrogen and oxygen atoms in total. The number of aliphatic imine (C=N–C) groups is 1. The Morgan fingerprint density at radius 2 is 2.00 bits per heavy atom. The number of aliphatic hydroxyl groups is 1. The standard InChI is InChI=1S/C22H27F3N4O4/c1-13-9-16-17(11-29(21(16)31)12-18(30)22(23,24)25)27-20(13)28-7-5-14(6-8-28)33-15-3-4-19(32-2)26-10-15/h3-4,9-10,14,16-18,30H,5-8,11-12H2,1-2H3/t16?,17?,18-/m1/s1. The molecule has 1 aromatic rings. The maximum Gasteiger partial charge on any atom is 0.416 e. The molecule has 0 radical (unpaired) electrons. The summed E-state index contributed by atoms with van der Waals surface area (Å²) in [6.45, 7) is 2.57. The summed E-state index contributed by atoms with van der Waals surface area (Å²) in [6.07, 6.45) is -2.32. The van der Waals surface area contributed by atoms with Crippen molar-refractivity contribution in [3.63, 3.8) is 0 Å². The second kappa shape index (κ2) is 9.20. The van der Waals surface area contributed by atoms with Gasteiger partial charge in [0, 0.05) is 38.5 Å². The number of hydrogen-bond acceptors (Lipinski definition) is 7. The molecular weight excluding hydrogens is 441 g/mol. The van der Waals surface area contributed by atoms with Crippen molar-refractivity contribution in [1.82, 2.24) is 14.8 Å². The van der Waals surface area contributed by atoms with Gasteiger partial charge in [-0.15, -0.1) is 0 Å². The van der Waals surface area contributed by atoms with E-state index in [1.165, 1.54) is 0 Å². The van der Waals surface area contributed by atoms with Crippen LogP contribution in [0, 0.1) is 5.92 Å². The summed E-state index contributed by atoms with van der Waals surface area (Å²) < 4.78 is 49.2. The van der Waals surface area contributed by atoms with Crippen LogP contribution in [0.15, 0.2) is 35.0 Å². The maximum absolute atomic E-state index is 12.7. The third-order valence-electron chi connectivity index (χ3n) is 6.22. The predicted molar refractivity (Wildman–Crippen MR) is 113 cm³/mol. The minimum atomic E-state index is -4.76. The molecule has 0 bridgehead atoms. The van der Waals surface area contributed by atoms with Crippen molar-refractivity contribution in [2.24, 2.45) is 10.9 Å². The molecule has 0 aromatic carbocycles. The molecule has 11 heteroatoms. The van der Waals surface area contributed by atoms with Gasteiger partial charge in [-0.1, -0.05) is 6.08 Å². The van der Waals surface area contributed by atoms with E-state index in [-0.39, 0.29) is 12.6 Å². The summed E-state index contributed by atoms with van der Waals surface area (Å²) in [7, 11) is 1.55. The summed E-state index contributed by atoms with van der Waals surface area (Å²) >= 11 is 0. The molecule has 4 rings (SSSR count). The highest BCUT2D eigenvalue weighted by atomic mass is 19.4. The van der Waals surface area contributed by atoms with Gasteiger partial charge in [-0.25, -0.2) is 4.98 Å². The molecule has 2 fully saturated rings. The van der Waals surface area contributed by atoms with Gasteiger partial charge in [0.25, 0.3) is 0 Å². The minimum Gasteiger partial charge on any atom is -0.489 e. The van der Waals surface area contributed by atoms with Crippen LogP contribution in [-0.4, -0.2) is 89.3 Å². The lowest BCUT2D eigenvalue weighted by Crippen LogP contribution is -2.44. The number of alkyl halides is 3. The molecule has 1 aromatic heterocycles. The van der Waals surface area contributed by atoms with E-state index in [2.05, 4.69) is 9.88 Å². The number of hydrogen-bond donors (Lipinski definition) is 1. The Labute approximate surface area is 189 Å². The fourth-order valence-electron chi connectivity index (χ4n) is 4.45. The topological polar surface area (TPSA) is 87.5 Å². The van der Waals surface area contributed by atoms with Crippen LogP contribution in [-0.2, 0) is 4.79 Å². The normalized spacial score (nSPS) is 24.8. The zero-order valence-electron chi connectivity index (χ0n) is 18.5. The highest BCUT2D eigenvalue weighted by Gasteiger charge is 2.46. The summed E-state index contributed by atoms with van der Waals surface area (Å²) in [5.74, 6) is 0.953. The summed E-state index contributed by atoms with van der Waals surface area (Å²) in [5, 5.41) is 9.36. The van der Waals surface area contributed by atoms with Crippen LogP contribution in [0.5, 0.6) is 11.6 Å². The maximum atomic E-state index is 12.7. The van der Waals surface area contributed by atoms with Crippen molar-refractivity contribution in [2.75, 3.05) is 33.3 Å². The highest BCUT2D eigenvalue weighted by Crippen LogP contribution is 2.32. The first-order valence-corrected chi connectivity index (χ1v) is 10.9. The van der Waals surface area contributed by atoms with E-state index in [0.717, 1.165) is 29.2 Å². The molecule has 3 atom stereocenters. The average molecular weight is 468 g/mol. The first-order chi connectivity index (χ1) is 15.7. The highest BCUT2D eigenvalue weighted by molar-refractivity contribution is 6.01. The van der Waals surface area contributed by atoms with Crippen molar-refractivity contribution in [3.8, 4) is 11.6 Å². The molecule has 2 saturated heterocycles. The molecule has 3 aliphatic heterocycles. The summed E-state index contributed by atoms with van der Waals surface area (Å²) in [4.78, 5) is 24.6. The molecule has 33 heavy (non-hydrogen) atoms. The van der Waals surface area contributed by atoms with E-state index in [1.807, 2.05) is 13.0 Å². The lowest BCUT2D eigenvalue weighted by Gasteiger charge is -2.36. The number of rotatable bonds is 5. The van der Waals surface area contributed by atoms with Crippen molar-refractivity contribution in [2.45, 2.75) is 44.2 Å². The van der Waals surface area contributed by atoms with Crippen molar-refractivity contribution < 1.29 is 32.5 Å². The van der Waals surface area contributed by atoms with E-state index in [1.54, 1.807) is 25.4 Å². The number of aromatic nitrogens is 1. The van der Waals surface area contributed by atoms with Gasteiger partial charge in [0.15, 0.2) is 6.10 Å². The fourth-order valence-corrected chi connectivity index (χ4v) is 4.45. The molecule has 0 spiro atoms. The fraction of sp³-hybridized carbons (Fsp3) is 0.591. The lowest BCUT2D eigenvalue weighted by molar-refractivity contribution is -0.207. The number of likely N-dealkylation sites (tertiary alicyclic amines) is 2. The Balaban J connectivity index is 1.35. The summed E-state index contributed by atoms with van der Waals surface area (Å²) in [5.41, 5.74) is 0.835. The predicted octanol–water partition coefficient (Wildman–Crippen LogP) is 2.04. The molecule has 0 saturated carbocycles. The molecule has 1 N–H and O–H groups in total. The van der Waals surface area contributed by atoms with Gasteiger partial charge >= 0.3 is 6.18 Å². The third kappa shape index (κ3) is 5.07. The van der Waals surface area contributed by atoms with E-state index >= 15 is 0 Å². The van der Waals surface area contributed by atoms with E-state index in [4.69, 9.17) is 14.5 Å². The van der Waals surface area contributed by atoms with Gasteiger partial charge in [0.2, 0.25) is 11.8 Å². The molecule has 0 aliphatic carbocycles. The van der Waals surface area contributed by atoms with Gasteiger partial charge in [-0.2, -0.15) is 13.2 Å². The second-order valence-corrected chi connectivity index (χ2v) is 8.54. The van der Waals surface area contributed by atoms with E-state index in [9.17, 15) is 23.1 Å². The number of amides is 1. The monoisotopic (exact) mass is 468 g/mol. The minimum absolute atomic E-state index is 0.0325. The zero-order chi connectivity index (χ0) is 23.8. The van der Waals surface area contributed by atoms with Crippen LogP contribution in [0.2, 0.25) is 0 Å². The number of carbonyl (C=O) groups excluding carboxylic acids is 1. The Morgan fingerprint density at radius 3 is 2.61 bits per heavy atom. The number of dihydropyridines is 1. The number of nitrogens with zero attached hydrogens (tertiary/aromatic N) is 4. The van der Waals surface area contributed by atoms with Gasteiger partial charge < -0.3 is 24.4 Å². The number of halogens is 3. The quantitative estimate of drug-likeness (QED) is 0.712. The van der Waals surface area contributed by atoms with Crippen LogP contribution in [0.1, 0.15) is 19.8 Å². The molecule has 1 amide bonds. The van der Waals surface area contributed by atoms with Crippen molar-refractivity contribution in [1.29, 1.82) is 0 Å². The van der Waals surface area contributed by atoms with Gasteiger partial charge in [-0.3, -0.25) is 9.79 Å². The van der Waals surface area contributed by atoms with E-state index in [0.29, 0.717) is 24.7 Å².